The number of hydrogen-bond acceptors (Lipinski definition) is 3. The van der Waals surface area contributed by atoms with Crippen LogP contribution in [-0.2, 0) is 0 Å². The van der Waals surface area contributed by atoms with E-state index in [1.807, 2.05) is 6.07 Å². The van der Waals surface area contributed by atoms with Crippen LogP contribution >= 0.6 is 0 Å². The van der Waals surface area contributed by atoms with Crippen molar-refractivity contribution in [1.29, 1.82) is 5.26 Å². The second-order valence-electron chi connectivity index (χ2n) is 3.88. The Hall–Kier alpha value is -2.74. The number of rotatable bonds is 2. The number of carbonyl (C=O) groups excluding carboxylic acids is 1. The van der Waals surface area contributed by atoms with Crippen molar-refractivity contribution in [1.82, 2.24) is 4.98 Å². The Bertz CT molecular complexity index is 629. The number of amides is 1. The van der Waals surface area contributed by atoms with E-state index in [1.165, 1.54) is 17.0 Å². The molecule has 94 valence electrons. The molecule has 2 rings (SSSR count). The van der Waals surface area contributed by atoms with E-state index in [0.717, 1.165) is 6.20 Å². The van der Waals surface area contributed by atoms with E-state index in [2.05, 4.69) is 4.98 Å². The molecule has 0 saturated carbocycles. The predicted octanol–water partition coefficient (Wildman–Crippen LogP) is 2.37. The number of hydrogen-bond donors (Lipinski definition) is 0. The maximum atomic E-state index is 12.7. The number of pyridine rings is 1. The first-order valence-electron chi connectivity index (χ1n) is 5.51. The summed E-state index contributed by atoms with van der Waals surface area (Å²) in [4.78, 5) is 17.2. The maximum Gasteiger partial charge on any atom is 0.276 e. The van der Waals surface area contributed by atoms with Crippen molar-refractivity contribution >= 4 is 11.6 Å². The van der Waals surface area contributed by atoms with Gasteiger partial charge in [0.05, 0.1) is 17.8 Å². The van der Waals surface area contributed by atoms with E-state index in [1.54, 1.807) is 31.3 Å². The minimum atomic E-state index is -0.488. The number of halogens is 1. The molecule has 1 amide bonds. The van der Waals surface area contributed by atoms with Crippen molar-refractivity contribution in [2.75, 3.05) is 11.9 Å². The minimum absolute atomic E-state index is 0.160. The van der Waals surface area contributed by atoms with Crippen LogP contribution in [0.15, 0.2) is 42.6 Å². The van der Waals surface area contributed by atoms with Gasteiger partial charge in [-0.05, 0) is 36.4 Å². The summed E-state index contributed by atoms with van der Waals surface area (Å²) >= 11 is 0. The highest BCUT2D eigenvalue weighted by Crippen LogP contribution is 2.15. The minimum Gasteiger partial charge on any atom is -0.310 e. The molecular formula is C14H10FN3O. The van der Waals surface area contributed by atoms with Gasteiger partial charge < -0.3 is 4.90 Å². The van der Waals surface area contributed by atoms with Crippen LogP contribution in [0.25, 0.3) is 0 Å². The monoisotopic (exact) mass is 255 g/mol. The molecule has 0 aliphatic rings. The zero-order chi connectivity index (χ0) is 13.8. The quantitative estimate of drug-likeness (QED) is 0.827. The molecule has 0 bridgehead atoms. The molecule has 19 heavy (non-hydrogen) atoms. The van der Waals surface area contributed by atoms with Gasteiger partial charge in [-0.3, -0.25) is 4.79 Å². The van der Waals surface area contributed by atoms with Gasteiger partial charge in [0.1, 0.15) is 11.5 Å². The van der Waals surface area contributed by atoms with Gasteiger partial charge in [0.25, 0.3) is 5.91 Å². The first-order chi connectivity index (χ1) is 9.11. The van der Waals surface area contributed by atoms with Gasteiger partial charge in [-0.25, -0.2) is 9.37 Å². The summed E-state index contributed by atoms with van der Waals surface area (Å²) in [7, 11) is 1.59. The molecule has 2 aromatic rings. The van der Waals surface area contributed by atoms with E-state index < -0.39 is 5.82 Å². The largest absolute Gasteiger partial charge is 0.310 e. The van der Waals surface area contributed by atoms with Gasteiger partial charge in [-0.15, -0.1) is 0 Å². The normalized spacial score (nSPS) is 9.74. The zero-order valence-corrected chi connectivity index (χ0v) is 10.2. The molecule has 4 nitrogen and oxygen atoms in total. The summed E-state index contributed by atoms with van der Waals surface area (Å²) < 4.78 is 12.7. The van der Waals surface area contributed by atoms with Crippen molar-refractivity contribution < 1.29 is 9.18 Å². The molecule has 0 fully saturated rings. The average Bonchev–Trinajstić information content (AvgIpc) is 2.46. The van der Waals surface area contributed by atoms with Crippen molar-refractivity contribution in [2.45, 2.75) is 0 Å². The lowest BCUT2D eigenvalue weighted by Crippen LogP contribution is -2.27. The third-order valence-electron chi connectivity index (χ3n) is 2.63. The number of nitriles is 1. The van der Waals surface area contributed by atoms with Gasteiger partial charge in [-0.1, -0.05) is 0 Å². The second-order valence-corrected chi connectivity index (χ2v) is 3.88. The number of aromatic nitrogens is 1. The predicted molar refractivity (Wildman–Crippen MR) is 68.1 cm³/mol. The Morgan fingerprint density at radius 2 is 1.95 bits per heavy atom. The van der Waals surface area contributed by atoms with Crippen molar-refractivity contribution in [3.63, 3.8) is 0 Å². The Balaban J connectivity index is 2.23. The molecule has 0 radical (unpaired) electrons. The van der Waals surface area contributed by atoms with Crippen LogP contribution in [0.4, 0.5) is 10.1 Å². The van der Waals surface area contributed by atoms with Crippen LogP contribution < -0.4 is 4.90 Å². The standard InChI is InChI=1S/C14H10FN3O/c1-18(12-5-2-10(8-16)3-6-12)14(19)13-7-4-11(15)9-17-13/h2-7,9H,1H3. The third-order valence-corrected chi connectivity index (χ3v) is 2.63. The Morgan fingerprint density at radius 3 is 2.47 bits per heavy atom. The van der Waals surface area contributed by atoms with Gasteiger partial charge in [-0.2, -0.15) is 5.26 Å². The lowest BCUT2D eigenvalue weighted by molar-refractivity contribution is 0.0988. The third kappa shape index (κ3) is 2.75. The molecule has 0 aliphatic carbocycles. The van der Waals surface area contributed by atoms with Gasteiger partial charge >= 0.3 is 0 Å². The van der Waals surface area contributed by atoms with Crippen molar-refractivity contribution in [3.05, 3.63) is 59.7 Å². The number of anilines is 1. The molecule has 0 N–H and O–H groups in total. The number of benzene rings is 1. The fourth-order valence-electron chi connectivity index (χ4n) is 1.55. The summed E-state index contributed by atoms with van der Waals surface area (Å²) in [5, 5.41) is 8.70. The van der Waals surface area contributed by atoms with E-state index in [4.69, 9.17) is 5.26 Å². The lowest BCUT2D eigenvalue weighted by atomic mass is 10.2. The first kappa shape index (κ1) is 12.7. The van der Waals surface area contributed by atoms with Gasteiger partial charge in [0.15, 0.2) is 0 Å². The summed E-state index contributed by atoms with van der Waals surface area (Å²) in [5.41, 5.74) is 1.31. The molecule has 5 heteroatoms. The van der Waals surface area contributed by atoms with E-state index in [9.17, 15) is 9.18 Å². The Kier molecular flexibility index (Phi) is 3.53. The zero-order valence-electron chi connectivity index (χ0n) is 10.2. The summed E-state index contributed by atoms with van der Waals surface area (Å²) in [6, 6.07) is 11.1. The van der Waals surface area contributed by atoms with E-state index in [0.29, 0.717) is 11.3 Å². The highest BCUT2D eigenvalue weighted by atomic mass is 19.1. The Morgan fingerprint density at radius 1 is 1.26 bits per heavy atom. The Labute approximate surface area is 109 Å². The number of carbonyl (C=O) groups is 1. The maximum absolute atomic E-state index is 12.7. The SMILES string of the molecule is CN(C(=O)c1ccc(F)cn1)c1ccc(C#N)cc1. The topological polar surface area (TPSA) is 57.0 Å². The smallest absolute Gasteiger partial charge is 0.276 e. The summed E-state index contributed by atoms with van der Waals surface area (Å²) in [6.45, 7) is 0. The number of nitrogens with zero attached hydrogens (tertiary/aromatic N) is 3. The average molecular weight is 255 g/mol. The fraction of sp³-hybridized carbons (Fsp3) is 0.0714. The highest BCUT2D eigenvalue weighted by Gasteiger charge is 2.14. The molecule has 0 aliphatic heterocycles. The van der Waals surface area contributed by atoms with Crippen LogP contribution in [0.2, 0.25) is 0 Å². The highest BCUT2D eigenvalue weighted by molar-refractivity contribution is 6.04. The molecular weight excluding hydrogens is 245 g/mol. The summed E-state index contributed by atoms with van der Waals surface area (Å²) in [5.74, 6) is -0.831. The molecule has 1 aromatic heterocycles. The molecule has 0 unspecified atom stereocenters. The van der Waals surface area contributed by atoms with Gasteiger partial charge in [0.2, 0.25) is 0 Å². The molecule has 0 saturated heterocycles. The molecule has 1 heterocycles. The second kappa shape index (κ2) is 5.27. The van der Waals surface area contributed by atoms with Crippen LogP contribution in [-0.4, -0.2) is 17.9 Å². The van der Waals surface area contributed by atoms with Crippen LogP contribution in [0.3, 0.4) is 0 Å². The van der Waals surface area contributed by atoms with Crippen LogP contribution in [0, 0.1) is 17.1 Å². The fourth-order valence-corrected chi connectivity index (χ4v) is 1.55. The van der Waals surface area contributed by atoms with Crippen molar-refractivity contribution in [3.8, 4) is 6.07 Å². The lowest BCUT2D eigenvalue weighted by Gasteiger charge is -2.16. The van der Waals surface area contributed by atoms with E-state index >= 15 is 0 Å². The van der Waals surface area contributed by atoms with Crippen LogP contribution in [0.5, 0.6) is 0 Å². The van der Waals surface area contributed by atoms with E-state index in [-0.39, 0.29) is 11.6 Å². The summed E-state index contributed by atoms with van der Waals surface area (Å²) in [6.07, 6.45) is 1.000. The molecule has 1 aromatic carbocycles. The molecule has 0 atom stereocenters. The van der Waals surface area contributed by atoms with Gasteiger partial charge in [0, 0.05) is 12.7 Å². The van der Waals surface area contributed by atoms with Crippen LogP contribution in [0.1, 0.15) is 16.1 Å². The first-order valence-corrected chi connectivity index (χ1v) is 5.51. The van der Waals surface area contributed by atoms with Crippen molar-refractivity contribution in [2.24, 2.45) is 0 Å². The molecule has 0 spiro atoms.